The van der Waals surface area contributed by atoms with Crippen LogP contribution in [0, 0.1) is 0 Å². The smallest absolute Gasteiger partial charge is 0.0701 e. The molecule has 0 aliphatic carbocycles. The topological polar surface area (TPSA) is 24.9 Å². The van der Waals surface area contributed by atoms with Crippen molar-refractivity contribution in [3.8, 4) is 11.3 Å². The highest BCUT2D eigenvalue weighted by Gasteiger charge is 2.06. The second-order valence-corrected chi connectivity index (χ2v) is 7.31. The molecular formula is C23H16N2S. The highest BCUT2D eigenvalue weighted by atomic mass is 32.1. The number of thiophene rings is 1. The normalized spacial score (nSPS) is 11.1. The Morgan fingerprint density at radius 3 is 2.27 bits per heavy atom. The van der Waals surface area contributed by atoms with E-state index >= 15 is 0 Å². The maximum atomic E-state index is 4.40. The zero-order valence-electron chi connectivity index (χ0n) is 14.0. The van der Waals surface area contributed by atoms with Crippen LogP contribution >= 0.6 is 11.3 Å². The first-order valence-electron chi connectivity index (χ1n) is 8.57. The lowest BCUT2D eigenvalue weighted by Gasteiger charge is -2.08. The molecule has 5 aromatic rings. The molecule has 0 saturated carbocycles. The Labute approximate surface area is 155 Å². The summed E-state index contributed by atoms with van der Waals surface area (Å²) in [5.74, 6) is 0. The minimum absolute atomic E-state index is 0.991. The van der Waals surface area contributed by atoms with Gasteiger partial charge in [-0.2, -0.15) is 0 Å². The Balaban J connectivity index is 1.46. The van der Waals surface area contributed by atoms with Gasteiger partial charge in [0.2, 0.25) is 0 Å². The van der Waals surface area contributed by atoms with Gasteiger partial charge in [-0.25, -0.2) is 0 Å². The molecule has 0 saturated heterocycles. The Morgan fingerprint density at radius 1 is 0.654 bits per heavy atom. The number of benzene rings is 3. The van der Waals surface area contributed by atoms with Gasteiger partial charge in [-0.05, 0) is 48.5 Å². The molecule has 0 unspecified atom stereocenters. The monoisotopic (exact) mass is 352 g/mol. The van der Waals surface area contributed by atoms with E-state index in [1.54, 1.807) is 0 Å². The molecule has 2 heterocycles. The van der Waals surface area contributed by atoms with E-state index in [1.165, 1.54) is 20.2 Å². The number of hydrogen-bond donors (Lipinski definition) is 1. The first-order chi connectivity index (χ1) is 12.9. The van der Waals surface area contributed by atoms with Crippen molar-refractivity contribution in [2.75, 3.05) is 5.32 Å². The third-order valence-corrected chi connectivity index (χ3v) is 5.66. The maximum Gasteiger partial charge on any atom is 0.0701 e. The van der Waals surface area contributed by atoms with Crippen LogP contribution in [-0.4, -0.2) is 4.98 Å². The molecule has 0 amide bonds. The Hall–Kier alpha value is -3.17. The van der Waals surface area contributed by atoms with Gasteiger partial charge in [0, 0.05) is 43.3 Å². The molecule has 0 aliphatic heterocycles. The third-order valence-electron chi connectivity index (χ3n) is 4.51. The number of nitrogens with zero attached hydrogens (tertiary/aromatic N) is 1. The quantitative estimate of drug-likeness (QED) is 0.383. The van der Waals surface area contributed by atoms with Crippen molar-refractivity contribution in [2.45, 2.75) is 0 Å². The van der Waals surface area contributed by atoms with Crippen molar-refractivity contribution in [2.24, 2.45) is 0 Å². The van der Waals surface area contributed by atoms with Gasteiger partial charge in [-0.1, -0.05) is 36.4 Å². The van der Waals surface area contributed by atoms with Crippen LogP contribution in [0.4, 0.5) is 11.4 Å². The van der Waals surface area contributed by atoms with Crippen LogP contribution in [0.25, 0.3) is 31.4 Å². The average Bonchev–Trinajstić information content (AvgIpc) is 3.07. The van der Waals surface area contributed by atoms with E-state index in [4.69, 9.17) is 0 Å². The SMILES string of the molecule is c1ccc(-c2ccc(Nc3ccc4sc5ccccc5c4c3)cc2)nc1. The van der Waals surface area contributed by atoms with E-state index in [1.807, 2.05) is 35.7 Å². The molecule has 0 atom stereocenters. The summed E-state index contributed by atoms with van der Waals surface area (Å²) in [6.45, 7) is 0. The predicted molar refractivity (Wildman–Crippen MR) is 112 cm³/mol. The predicted octanol–water partition coefficient (Wildman–Crippen LogP) is 6.86. The Kier molecular flexibility index (Phi) is 3.65. The molecule has 3 aromatic carbocycles. The van der Waals surface area contributed by atoms with Gasteiger partial charge in [0.1, 0.15) is 0 Å². The summed E-state index contributed by atoms with van der Waals surface area (Å²) in [6.07, 6.45) is 1.82. The van der Waals surface area contributed by atoms with E-state index in [9.17, 15) is 0 Å². The van der Waals surface area contributed by atoms with E-state index in [2.05, 4.69) is 77.0 Å². The summed E-state index contributed by atoms with van der Waals surface area (Å²) >= 11 is 1.84. The fraction of sp³-hybridized carbons (Fsp3) is 0. The van der Waals surface area contributed by atoms with Crippen molar-refractivity contribution in [3.63, 3.8) is 0 Å². The number of anilines is 2. The van der Waals surface area contributed by atoms with Crippen molar-refractivity contribution in [1.82, 2.24) is 4.98 Å². The molecule has 0 radical (unpaired) electrons. The van der Waals surface area contributed by atoms with Gasteiger partial charge in [0.05, 0.1) is 5.69 Å². The van der Waals surface area contributed by atoms with Gasteiger partial charge < -0.3 is 5.32 Å². The van der Waals surface area contributed by atoms with E-state index in [0.717, 1.165) is 22.6 Å². The summed E-state index contributed by atoms with van der Waals surface area (Å²) in [6, 6.07) is 29.5. The first-order valence-corrected chi connectivity index (χ1v) is 9.38. The number of fused-ring (bicyclic) bond motifs is 3. The van der Waals surface area contributed by atoms with Crippen molar-refractivity contribution in [3.05, 3.63) is 91.1 Å². The highest BCUT2D eigenvalue weighted by Crippen LogP contribution is 2.35. The molecule has 124 valence electrons. The first kappa shape index (κ1) is 15.1. The number of nitrogens with one attached hydrogen (secondary N) is 1. The van der Waals surface area contributed by atoms with Gasteiger partial charge in [-0.15, -0.1) is 11.3 Å². The minimum Gasteiger partial charge on any atom is -0.356 e. The molecule has 3 heteroatoms. The summed E-state index contributed by atoms with van der Waals surface area (Å²) in [5.41, 5.74) is 4.29. The van der Waals surface area contributed by atoms with E-state index in [0.29, 0.717) is 0 Å². The molecule has 26 heavy (non-hydrogen) atoms. The second kappa shape index (κ2) is 6.28. The summed E-state index contributed by atoms with van der Waals surface area (Å²) < 4.78 is 2.65. The fourth-order valence-electron chi connectivity index (χ4n) is 3.23. The molecule has 5 rings (SSSR count). The number of pyridine rings is 1. The van der Waals surface area contributed by atoms with Gasteiger partial charge >= 0.3 is 0 Å². The van der Waals surface area contributed by atoms with Crippen LogP contribution in [0.1, 0.15) is 0 Å². The van der Waals surface area contributed by atoms with Crippen LogP contribution in [0.2, 0.25) is 0 Å². The second-order valence-electron chi connectivity index (χ2n) is 6.23. The molecule has 0 fully saturated rings. The molecule has 0 aliphatic rings. The third kappa shape index (κ3) is 2.72. The molecule has 0 bridgehead atoms. The number of rotatable bonds is 3. The lowest BCUT2D eigenvalue weighted by molar-refractivity contribution is 1.33. The number of aromatic nitrogens is 1. The lowest BCUT2D eigenvalue weighted by atomic mass is 10.1. The van der Waals surface area contributed by atoms with E-state index < -0.39 is 0 Å². The molecule has 2 nitrogen and oxygen atoms in total. The van der Waals surface area contributed by atoms with E-state index in [-0.39, 0.29) is 0 Å². The van der Waals surface area contributed by atoms with Crippen molar-refractivity contribution >= 4 is 42.9 Å². The maximum absolute atomic E-state index is 4.40. The summed E-state index contributed by atoms with van der Waals surface area (Å²) in [7, 11) is 0. The standard InChI is InChI=1S/C23H16N2S/c1-2-7-22-19(5-1)20-15-18(12-13-23(20)26-22)25-17-10-8-16(9-11-17)21-6-3-4-14-24-21/h1-15,25H. The van der Waals surface area contributed by atoms with Crippen molar-refractivity contribution in [1.29, 1.82) is 0 Å². The van der Waals surface area contributed by atoms with Crippen molar-refractivity contribution < 1.29 is 0 Å². The summed E-state index contributed by atoms with van der Waals surface area (Å²) in [5, 5.41) is 6.14. The Morgan fingerprint density at radius 2 is 1.42 bits per heavy atom. The average molecular weight is 352 g/mol. The van der Waals surface area contributed by atoms with Crippen LogP contribution in [-0.2, 0) is 0 Å². The molecular weight excluding hydrogens is 336 g/mol. The Bertz CT molecular complexity index is 1190. The van der Waals surface area contributed by atoms with Gasteiger partial charge in [0.25, 0.3) is 0 Å². The van der Waals surface area contributed by atoms with Crippen LogP contribution in [0.15, 0.2) is 91.1 Å². The fourth-order valence-corrected chi connectivity index (χ4v) is 4.31. The van der Waals surface area contributed by atoms with Crippen LogP contribution in [0.5, 0.6) is 0 Å². The minimum atomic E-state index is 0.991. The summed E-state index contributed by atoms with van der Waals surface area (Å²) in [4.78, 5) is 4.40. The highest BCUT2D eigenvalue weighted by molar-refractivity contribution is 7.25. The lowest BCUT2D eigenvalue weighted by Crippen LogP contribution is -1.90. The van der Waals surface area contributed by atoms with Crippen LogP contribution < -0.4 is 5.32 Å². The molecule has 0 spiro atoms. The van der Waals surface area contributed by atoms with Crippen LogP contribution in [0.3, 0.4) is 0 Å². The largest absolute Gasteiger partial charge is 0.356 e. The van der Waals surface area contributed by atoms with Gasteiger partial charge in [0.15, 0.2) is 0 Å². The molecule has 2 aromatic heterocycles. The number of hydrogen-bond acceptors (Lipinski definition) is 3. The van der Waals surface area contributed by atoms with Gasteiger partial charge in [-0.3, -0.25) is 4.98 Å². The molecule has 1 N–H and O–H groups in total. The zero-order valence-corrected chi connectivity index (χ0v) is 14.8. The zero-order chi connectivity index (χ0) is 17.3.